The monoisotopic (exact) mass is 657 g/mol. The van der Waals surface area contributed by atoms with E-state index in [9.17, 15) is 0 Å². The molecule has 244 valence electrons. The van der Waals surface area contributed by atoms with Crippen LogP contribution in [0.4, 0.5) is 0 Å². The first-order valence-electron chi connectivity index (χ1n) is 17.1. The summed E-state index contributed by atoms with van der Waals surface area (Å²) in [6.45, 7) is 0.432. The number of nitriles is 2. The summed E-state index contributed by atoms with van der Waals surface area (Å²) in [5.41, 5.74) is 12.1. The molecule has 10 heteroatoms. The van der Waals surface area contributed by atoms with Crippen molar-refractivity contribution in [3.8, 4) is 12.1 Å². The van der Waals surface area contributed by atoms with Crippen LogP contribution < -0.4 is 5.73 Å². The van der Waals surface area contributed by atoms with E-state index in [0.717, 1.165) is 107 Å². The summed E-state index contributed by atoms with van der Waals surface area (Å²) in [6, 6.07) is 21.9. The predicted molar refractivity (Wildman–Crippen MR) is 190 cm³/mol. The van der Waals surface area contributed by atoms with Gasteiger partial charge in [0.15, 0.2) is 0 Å². The molecule has 2 N–H and O–H groups in total. The number of hydrogen-bond donors (Lipinski definition) is 1. The van der Waals surface area contributed by atoms with Gasteiger partial charge in [0, 0.05) is 35.7 Å². The lowest BCUT2D eigenvalue weighted by atomic mass is 9.84. The lowest BCUT2D eigenvalue weighted by Gasteiger charge is -2.29. The molecule has 0 bridgehead atoms. The summed E-state index contributed by atoms with van der Waals surface area (Å²) < 4.78 is 4.69. The molecule has 4 aromatic heterocycles. The standard InChI is InChI=1S/C19H19ClN4.C19H21N5/c20-11-18-23-17-12-22-16-4-2-1-3-15(16)19(17)24(18)14-7-5-13(6-8-14)9-10-21;20-10-9-13-5-7-14(8-6-13)24-18(11-21)23-17-12-22-16-4-2-1-3-15(16)19(17)24/h1-4,12-14H,5-9,11H2;1-4,12-14H,5-9,11,21H2. The smallest absolute Gasteiger partial charge is 0.125 e. The zero-order chi connectivity index (χ0) is 33.0. The number of alkyl halides is 1. The van der Waals surface area contributed by atoms with Crippen molar-refractivity contribution in [2.75, 3.05) is 0 Å². The Morgan fingerprint density at radius 3 is 1.52 bits per heavy atom. The van der Waals surface area contributed by atoms with Crippen LogP contribution in [0.2, 0.25) is 0 Å². The molecule has 2 saturated carbocycles. The van der Waals surface area contributed by atoms with Crippen molar-refractivity contribution in [1.29, 1.82) is 10.5 Å². The summed E-state index contributed by atoms with van der Waals surface area (Å²) in [7, 11) is 0. The number of pyridine rings is 2. The second-order valence-electron chi connectivity index (χ2n) is 13.2. The number of halogens is 1. The fourth-order valence-electron chi connectivity index (χ4n) is 8.04. The Balaban J connectivity index is 0.000000152. The SMILES string of the molecule is N#CCC1CCC(n2c(CCl)nc3cnc4ccccc4c32)CC1.N#CCC1CCC(n2c(CN)nc3cnc4ccccc4c32)CC1. The molecule has 8 rings (SSSR count). The third-order valence-electron chi connectivity index (χ3n) is 10.4. The Labute approximate surface area is 285 Å². The zero-order valence-corrected chi connectivity index (χ0v) is 27.9. The van der Waals surface area contributed by atoms with E-state index in [2.05, 4.69) is 43.4 Å². The summed E-state index contributed by atoms with van der Waals surface area (Å²) >= 11 is 6.21. The highest BCUT2D eigenvalue weighted by molar-refractivity contribution is 6.17. The molecule has 2 aromatic carbocycles. The molecule has 0 saturated heterocycles. The van der Waals surface area contributed by atoms with Gasteiger partial charge in [-0.3, -0.25) is 9.97 Å². The maximum Gasteiger partial charge on any atom is 0.125 e. The molecule has 4 heterocycles. The minimum Gasteiger partial charge on any atom is -0.324 e. The molecule has 6 aromatic rings. The van der Waals surface area contributed by atoms with Crippen molar-refractivity contribution in [2.45, 2.75) is 88.7 Å². The molecule has 0 spiro atoms. The maximum atomic E-state index is 8.92. The van der Waals surface area contributed by atoms with Crippen molar-refractivity contribution in [1.82, 2.24) is 29.1 Å². The van der Waals surface area contributed by atoms with Gasteiger partial charge in [0.05, 0.1) is 59.0 Å². The number of rotatable bonds is 6. The summed E-state index contributed by atoms with van der Waals surface area (Å²) in [6.07, 6.45) is 13.8. The van der Waals surface area contributed by atoms with Crippen LogP contribution in [0.15, 0.2) is 60.9 Å². The zero-order valence-electron chi connectivity index (χ0n) is 27.1. The van der Waals surface area contributed by atoms with Crippen LogP contribution in [-0.2, 0) is 12.4 Å². The number of hydrogen-bond acceptors (Lipinski definition) is 7. The highest BCUT2D eigenvalue weighted by atomic mass is 35.5. The first-order valence-corrected chi connectivity index (χ1v) is 17.7. The average molecular weight is 658 g/mol. The van der Waals surface area contributed by atoms with Crippen molar-refractivity contribution in [3.05, 3.63) is 72.6 Å². The van der Waals surface area contributed by atoms with Gasteiger partial charge in [-0.05, 0) is 75.3 Å². The van der Waals surface area contributed by atoms with E-state index in [0.29, 0.717) is 49.2 Å². The van der Waals surface area contributed by atoms with E-state index in [-0.39, 0.29) is 0 Å². The number of para-hydroxylation sites is 2. The molecule has 2 fully saturated rings. The fraction of sp³-hybridized carbons (Fsp3) is 0.421. The summed E-state index contributed by atoms with van der Waals surface area (Å²) in [5.74, 6) is 3.35. The number of aromatic nitrogens is 6. The van der Waals surface area contributed by atoms with E-state index in [1.807, 2.05) is 48.8 Å². The summed E-state index contributed by atoms with van der Waals surface area (Å²) in [4.78, 5) is 18.5. The molecule has 2 aliphatic rings. The van der Waals surface area contributed by atoms with Crippen molar-refractivity contribution < 1.29 is 0 Å². The molecular formula is C38H40ClN9. The van der Waals surface area contributed by atoms with Crippen molar-refractivity contribution >= 4 is 55.5 Å². The first kappa shape index (κ1) is 32.0. The van der Waals surface area contributed by atoms with Gasteiger partial charge < -0.3 is 14.9 Å². The van der Waals surface area contributed by atoms with E-state index in [1.54, 1.807) is 0 Å². The molecule has 0 unspecified atom stereocenters. The quantitative estimate of drug-likeness (QED) is 0.177. The van der Waals surface area contributed by atoms with Gasteiger partial charge in [0.2, 0.25) is 0 Å². The van der Waals surface area contributed by atoms with Crippen LogP contribution >= 0.6 is 11.6 Å². The molecule has 0 amide bonds. The van der Waals surface area contributed by atoms with Gasteiger partial charge in [-0.25, -0.2) is 9.97 Å². The molecule has 9 nitrogen and oxygen atoms in total. The topological polar surface area (TPSA) is 135 Å². The maximum absolute atomic E-state index is 8.92. The minimum absolute atomic E-state index is 0.404. The summed E-state index contributed by atoms with van der Waals surface area (Å²) in [5, 5.41) is 20.1. The fourth-order valence-corrected chi connectivity index (χ4v) is 8.23. The molecule has 0 atom stereocenters. The van der Waals surface area contributed by atoms with E-state index in [4.69, 9.17) is 37.8 Å². The lowest BCUT2D eigenvalue weighted by molar-refractivity contribution is 0.278. The number of nitrogens with two attached hydrogens (primary N) is 1. The van der Waals surface area contributed by atoms with Crippen LogP contribution in [0.3, 0.4) is 0 Å². The molecule has 2 aliphatic carbocycles. The van der Waals surface area contributed by atoms with Gasteiger partial charge >= 0.3 is 0 Å². The van der Waals surface area contributed by atoms with Crippen molar-refractivity contribution in [3.63, 3.8) is 0 Å². The largest absolute Gasteiger partial charge is 0.324 e. The Hall–Kier alpha value is -4.57. The molecule has 0 radical (unpaired) electrons. The Morgan fingerprint density at radius 1 is 0.646 bits per heavy atom. The number of benzene rings is 2. The molecular weight excluding hydrogens is 618 g/mol. The van der Waals surface area contributed by atoms with Gasteiger partial charge in [-0.15, -0.1) is 11.6 Å². The van der Waals surface area contributed by atoms with Gasteiger partial charge in [0.25, 0.3) is 0 Å². The Morgan fingerprint density at radius 2 is 1.08 bits per heavy atom. The van der Waals surface area contributed by atoms with Crippen molar-refractivity contribution in [2.24, 2.45) is 17.6 Å². The number of fused-ring (bicyclic) bond motifs is 6. The Bertz CT molecular complexity index is 1980. The number of imidazole rings is 2. The van der Waals surface area contributed by atoms with Crippen LogP contribution in [0.25, 0.3) is 43.9 Å². The number of nitrogens with zero attached hydrogens (tertiary/aromatic N) is 8. The molecule has 0 aliphatic heterocycles. The lowest BCUT2D eigenvalue weighted by Crippen LogP contribution is -2.21. The van der Waals surface area contributed by atoms with Gasteiger partial charge in [-0.2, -0.15) is 10.5 Å². The highest BCUT2D eigenvalue weighted by Crippen LogP contribution is 2.39. The minimum atomic E-state index is 0.404. The average Bonchev–Trinajstić information content (AvgIpc) is 3.72. The molecule has 48 heavy (non-hydrogen) atoms. The van der Waals surface area contributed by atoms with Crippen LogP contribution in [0.5, 0.6) is 0 Å². The third-order valence-corrected chi connectivity index (χ3v) is 10.7. The van der Waals surface area contributed by atoms with Crippen LogP contribution in [0.1, 0.15) is 87.9 Å². The van der Waals surface area contributed by atoms with E-state index in [1.165, 1.54) is 0 Å². The third kappa shape index (κ3) is 6.09. The van der Waals surface area contributed by atoms with Crippen LogP contribution in [-0.4, -0.2) is 29.1 Å². The van der Waals surface area contributed by atoms with Crippen LogP contribution in [0, 0.1) is 34.5 Å². The van der Waals surface area contributed by atoms with Gasteiger partial charge in [0.1, 0.15) is 22.7 Å². The van der Waals surface area contributed by atoms with E-state index < -0.39 is 0 Å². The Kier molecular flexibility index (Phi) is 9.52. The second kappa shape index (κ2) is 14.3. The first-order chi connectivity index (χ1) is 23.6. The van der Waals surface area contributed by atoms with E-state index >= 15 is 0 Å². The normalized spacial score (nSPS) is 21.2. The highest BCUT2D eigenvalue weighted by Gasteiger charge is 2.28. The van der Waals surface area contributed by atoms with Gasteiger partial charge in [-0.1, -0.05) is 36.4 Å². The second-order valence-corrected chi connectivity index (χ2v) is 13.5. The predicted octanol–water partition coefficient (Wildman–Crippen LogP) is 8.66.